The number of aromatic nitrogens is 2. The molecule has 16 heavy (non-hydrogen) atoms. The Bertz CT molecular complexity index is 360. The van der Waals surface area contributed by atoms with Gasteiger partial charge in [-0.25, -0.2) is 0 Å². The molecule has 0 radical (unpaired) electrons. The van der Waals surface area contributed by atoms with E-state index in [9.17, 15) is 5.11 Å². The highest BCUT2D eigenvalue weighted by Crippen LogP contribution is 2.57. The second-order valence-electron chi connectivity index (χ2n) is 5.44. The Morgan fingerprint density at radius 3 is 2.81 bits per heavy atom. The first-order valence-electron chi connectivity index (χ1n) is 6.03. The second kappa shape index (κ2) is 4.17. The zero-order valence-corrected chi connectivity index (χ0v) is 10.2. The molecule has 1 aromatic heterocycles. The highest BCUT2D eigenvalue weighted by atomic mass is 16.5. The van der Waals surface area contributed by atoms with Crippen molar-refractivity contribution >= 4 is 0 Å². The lowest BCUT2D eigenvalue weighted by atomic mass is 10.1. The molecule has 0 bridgehead atoms. The Hall–Kier alpha value is -0.900. The smallest absolute Gasteiger partial charge is 0.229 e. The predicted octanol–water partition coefficient (Wildman–Crippen LogP) is 2.29. The largest absolute Gasteiger partial charge is 0.393 e. The maximum absolute atomic E-state index is 9.64. The highest BCUT2D eigenvalue weighted by molar-refractivity contribution is 5.14. The van der Waals surface area contributed by atoms with Crippen LogP contribution in [-0.2, 0) is 6.42 Å². The quantitative estimate of drug-likeness (QED) is 0.833. The molecule has 1 saturated carbocycles. The third-order valence-corrected chi connectivity index (χ3v) is 3.34. The van der Waals surface area contributed by atoms with Gasteiger partial charge in [0.2, 0.25) is 5.89 Å². The van der Waals surface area contributed by atoms with E-state index in [4.69, 9.17) is 4.52 Å². The van der Waals surface area contributed by atoms with E-state index >= 15 is 0 Å². The predicted molar refractivity (Wildman–Crippen MR) is 60.1 cm³/mol. The van der Waals surface area contributed by atoms with Gasteiger partial charge in [0.15, 0.2) is 5.82 Å². The summed E-state index contributed by atoms with van der Waals surface area (Å²) in [5, 5.41) is 13.6. The Kier molecular flexibility index (Phi) is 3.02. The van der Waals surface area contributed by atoms with Crippen LogP contribution < -0.4 is 0 Å². The third kappa shape index (κ3) is 2.43. The lowest BCUT2D eigenvalue weighted by Gasteiger charge is -2.03. The Morgan fingerprint density at radius 2 is 2.25 bits per heavy atom. The monoisotopic (exact) mass is 224 g/mol. The second-order valence-corrected chi connectivity index (χ2v) is 5.44. The summed E-state index contributed by atoms with van der Waals surface area (Å²) in [6.07, 6.45) is 3.01. The van der Waals surface area contributed by atoms with Crippen LogP contribution in [0.4, 0.5) is 0 Å². The summed E-state index contributed by atoms with van der Waals surface area (Å²) in [6.45, 7) is 6.47. The summed E-state index contributed by atoms with van der Waals surface area (Å²) in [5.41, 5.74) is 0.323. The first kappa shape index (κ1) is 11.6. The van der Waals surface area contributed by atoms with Gasteiger partial charge in [0.05, 0.1) is 12.5 Å². The summed E-state index contributed by atoms with van der Waals surface area (Å²) in [4.78, 5) is 4.35. The molecule has 1 fully saturated rings. The summed E-state index contributed by atoms with van der Waals surface area (Å²) in [6, 6.07) is 0. The fourth-order valence-corrected chi connectivity index (χ4v) is 2.04. The van der Waals surface area contributed by atoms with Crippen molar-refractivity contribution in [2.24, 2.45) is 5.41 Å². The van der Waals surface area contributed by atoms with Crippen molar-refractivity contribution in [3.05, 3.63) is 11.7 Å². The molecule has 0 saturated heterocycles. The maximum Gasteiger partial charge on any atom is 0.229 e. The number of aliphatic hydroxyl groups is 1. The van der Waals surface area contributed by atoms with Gasteiger partial charge in [-0.15, -0.1) is 0 Å². The molecule has 1 aromatic rings. The molecule has 0 spiro atoms. The fraction of sp³-hybridized carbons (Fsp3) is 0.833. The Morgan fingerprint density at radius 1 is 1.56 bits per heavy atom. The van der Waals surface area contributed by atoms with Gasteiger partial charge in [-0.1, -0.05) is 32.3 Å². The molecular formula is C12H20N2O2. The normalized spacial score (nSPS) is 24.4. The molecule has 1 aliphatic carbocycles. The van der Waals surface area contributed by atoms with Crippen LogP contribution in [0.2, 0.25) is 0 Å². The molecule has 2 rings (SSSR count). The number of hydrogen-bond acceptors (Lipinski definition) is 4. The summed E-state index contributed by atoms with van der Waals surface area (Å²) in [5.74, 6) is 1.82. The van der Waals surface area contributed by atoms with Crippen LogP contribution in [0.3, 0.4) is 0 Å². The van der Waals surface area contributed by atoms with E-state index in [1.807, 2.05) is 0 Å². The van der Waals surface area contributed by atoms with Gasteiger partial charge in [0, 0.05) is 5.92 Å². The van der Waals surface area contributed by atoms with Crippen LogP contribution in [0.5, 0.6) is 0 Å². The Labute approximate surface area is 96.1 Å². The van der Waals surface area contributed by atoms with Crippen molar-refractivity contribution in [3.63, 3.8) is 0 Å². The van der Waals surface area contributed by atoms with E-state index in [0.29, 0.717) is 23.6 Å². The molecule has 0 amide bonds. The van der Waals surface area contributed by atoms with Gasteiger partial charge in [-0.2, -0.15) is 4.98 Å². The molecule has 2 atom stereocenters. The number of rotatable bonds is 5. The minimum atomic E-state index is -0.356. The van der Waals surface area contributed by atoms with E-state index in [1.165, 1.54) is 0 Å². The van der Waals surface area contributed by atoms with Crippen LogP contribution in [0, 0.1) is 5.41 Å². The molecular weight excluding hydrogens is 204 g/mol. The van der Waals surface area contributed by atoms with Crippen LogP contribution in [0.25, 0.3) is 0 Å². The Balaban J connectivity index is 1.93. The van der Waals surface area contributed by atoms with E-state index in [1.54, 1.807) is 0 Å². The maximum atomic E-state index is 9.64. The molecule has 90 valence electrons. The van der Waals surface area contributed by atoms with E-state index in [2.05, 4.69) is 30.9 Å². The van der Waals surface area contributed by atoms with Gasteiger partial charge in [-0.05, 0) is 18.3 Å². The van der Waals surface area contributed by atoms with Crippen molar-refractivity contribution in [2.75, 3.05) is 0 Å². The molecule has 1 heterocycles. The van der Waals surface area contributed by atoms with Crippen molar-refractivity contribution in [1.82, 2.24) is 10.1 Å². The lowest BCUT2D eigenvalue weighted by Crippen LogP contribution is -2.09. The van der Waals surface area contributed by atoms with Crippen molar-refractivity contribution in [1.29, 1.82) is 0 Å². The van der Waals surface area contributed by atoms with Crippen LogP contribution in [0.1, 0.15) is 57.7 Å². The molecule has 2 unspecified atom stereocenters. The van der Waals surface area contributed by atoms with E-state index in [-0.39, 0.29) is 6.10 Å². The zero-order chi connectivity index (χ0) is 11.8. The lowest BCUT2D eigenvalue weighted by molar-refractivity contribution is 0.151. The first-order chi connectivity index (χ1) is 7.53. The van der Waals surface area contributed by atoms with Crippen molar-refractivity contribution < 1.29 is 9.63 Å². The molecule has 0 aromatic carbocycles. The van der Waals surface area contributed by atoms with Crippen molar-refractivity contribution in [3.8, 4) is 0 Å². The molecule has 1 N–H and O–H groups in total. The zero-order valence-electron chi connectivity index (χ0n) is 10.2. The summed E-state index contributed by atoms with van der Waals surface area (Å²) < 4.78 is 5.16. The van der Waals surface area contributed by atoms with Gasteiger partial charge in [0.25, 0.3) is 0 Å². The summed E-state index contributed by atoms with van der Waals surface area (Å²) in [7, 11) is 0. The number of hydrogen-bond donors (Lipinski definition) is 1. The molecule has 4 nitrogen and oxygen atoms in total. The average Bonchev–Trinajstić information content (AvgIpc) is 2.63. The molecule has 4 heteroatoms. The minimum absolute atomic E-state index is 0.323. The van der Waals surface area contributed by atoms with E-state index in [0.717, 1.165) is 25.1 Å². The van der Waals surface area contributed by atoms with Gasteiger partial charge in [0.1, 0.15) is 0 Å². The standard InChI is InChI=1S/C12H20N2O2/c1-4-5-8(15)6-10-13-11(14-16-10)9-7-12(9,2)3/h8-9,15H,4-7H2,1-3H3. The fourth-order valence-electron chi connectivity index (χ4n) is 2.04. The average molecular weight is 224 g/mol. The minimum Gasteiger partial charge on any atom is -0.393 e. The number of nitrogens with zero attached hydrogens (tertiary/aromatic N) is 2. The number of aliphatic hydroxyl groups excluding tert-OH is 1. The van der Waals surface area contributed by atoms with Gasteiger partial charge in [-0.3, -0.25) is 0 Å². The molecule has 0 aliphatic heterocycles. The highest BCUT2D eigenvalue weighted by Gasteiger charge is 2.49. The van der Waals surface area contributed by atoms with Crippen LogP contribution in [0.15, 0.2) is 4.52 Å². The molecule has 1 aliphatic rings. The SMILES string of the molecule is CCCC(O)Cc1nc(C2CC2(C)C)no1. The van der Waals surface area contributed by atoms with Gasteiger partial charge >= 0.3 is 0 Å². The van der Waals surface area contributed by atoms with Crippen molar-refractivity contribution in [2.45, 2.75) is 58.5 Å². The van der Waals surface area contributed by atoms with Gasteiger partial charge < -0.3 is 9.63 Å². The van der Waals surface area contributed by atoms with E-state index < -0.39 is 0 Å². The third-order valence-electron chi connectivity index (χ3n) is 3.34. The van der Waals surface area contributed by atoms with Crippen LogP contribution in [-0.4, -0.2) is 21.4 Å². The first-order valence-corrected chi connectivity index (χ1v) is 6.03. The topological polar surface area (TPSA) is 59.2 Å². The summed E-state index contributed by atoms with van der Waals surface area (Å²) >= 11 is 0. The van der Waals surface area contributed by atoms with Crippen LogP contribution >= 0.6 is 0 Å².